The van der Waals surface area contributed by atoms with Gasteiger partial charge in [0.1, 0.15) is 11.5 Å². The third kappa shape index (κ3) is 4.24. The van der Waals surface area contributed by atoms with Crippen molar-refractivity contribution in [1.29, 1.82) is 0 Å². The number of benzene rings is 2. The Morgan fingerprint density at radius 1 is 1.05 bits per heavy atom. The van der Waals surface area contributed by atoms with E-state index in [4.69, 9.17) is 9.47 Å². The highest BCUT2D eigenvalue weighted by Gasteiger charge is 2.18. The van der Waals surface area contributed by atoms with E-state index in [1.807, 2.05) is 37.3 Å². The summed E-state index contributed by atoms with van der Waals surface area (Å²) in [6, 6.07) is 16.5. The second kappa shape index (κ2) is 7.33. The number of hydrogen-bond acceptors (Lipinski definition) is 3. The van der Waals surface area contributed by atoms with E-state index in [1.165, 1.54) is 0 Å². The molecule has 1 unspecified atom stereocenters. The average Bonchev–Trinajstić information content (AvgIpc) is 2.54. The monoisotopic (exact) mass is 285 g/mol. The van der Waals surface area contributed by atoms with Gasteiger partial charge >= 0.3 is 0 Å². The van der Waals surface area contributed by atoms with E-state index in [2.05, 4.69) is 5.32 Å². The van der Waals surface area contributed by atoms with Crippen LogP contribution in [0.25, 0.3) is 0 Å². The van der Waals surface area contributed by atoms with Crippen LogP contribution in [0.5, 0.6) is 11.5 Å². The summed E-state index contributed by atoms with van der Waals surface area (Å²) in [5, 5.41) is 2.85. The average molecular weight is 285 g/mol. The van der Waals surface area contributed by atoms with Crippen LogP contribution in [0.3, 0.4) is 0 Å². The third-order valence-electron chi connectivity index (χ3n) is 3.04. The first-order valence-corrected chi connectivity index (χ1v) is 6.89. The second-order valence-electron chi connectivity index (χ2n) is 4.55. The first kappa shape index (κ1) is 14.9. The highest BCUT2D eigenvalue weighted by atomic mass is 16.5. The molecule has 0 saturated heterocycles. The molecule has 1 N–H and O–H groups in total. The number of para-hydroxylation sites is 1. The van der Waals surface area contributed by atoms with Gasteiger partial charge in [-0.3, -0.25) is 4.79 Å². The van der Waals surface area contributed by atoms with E-state index in [0.717, 1.165) is 11.4 Å². The van der Waals surface area contributed by atoms with Crippen LogP contribution >= 0.6 is 0 Å². The molecule has 1 atom stereocenters. The first-order valence-electron chi connectivity index (χ1n) is 6.89. The maximum atomic E-state index is 12.2. The largest absolute Gasteiger partial charge is 0.497 e. The molecule has 0 bridgehead atoms. The molecule has 0 fully saturated rings. The van der Waals surface area contributed by atoms with Gasteiger partial charge in [-0.05, 0) is 42.8 Å². The van der Waals surface area contributed by atoms with Crippen LogP contribution in [-0.2, 0) is 4.79 Å². The molecule has 1 amide bonds. The molecule has 0 heterocycles. The Kier molecular flexibility index (Phi) is 5.21. The van der Waals surface area contributed by atoms with E-state index in [-0.39, 0.29) is 5.91 Å². The number of hydrogen-bond donors (Lipinski definition) is 1. The second-order valence-corrected chi connectivity index (χ2v) is 4.55. The summed E-state index contributed by atoms with van der Waals surface area (Å²) in [7, 11) is 1.61. The topological polar surface area (TPSA) is 47.6 Å². The summed E-state index contributed by atoms with van der Waals surface area (Å²) in [4.78, 5) is 12.2. The summed E-state index contributed by atoms with van der Waals surface area (Å²) in [5.74, 6) is 1.24. The van der Waals surface area contributed by atoms with E-state index >= 15 is 0 Å². The van der Waals surface area contributed by atoms with Gasteiger partial charge in [-0.1, -0.05) is 25.1 Å². The number of ether oxygens (including phenoxy) is 2. The van der Waals surface area contributed by atoms with Crippen molar-refractivity contribution in [2.45, 2.75) is 19.4 Å². The zero-order chi connectivity index (χ0) is 15.1. The van der Waals surface area contributed by atoms with Crippen LogP contribution in [-0.4, -0.2) is 19.1 Å². The summed E-state index contributed by atoms with van der Waals surface area (Å²) in [6.07, 6.45) is 0.0589. The van der Waals surface area contributed by atoms with Gasteiger partial charge in [0, 0.05) is 5.69 Å². The molecule has 0 spiro atoms. The molecule has 2 rings (SSSR count). The Morgan fingerprint density at radius 2 is 1.67 bits per heavy atom. The Labute approximate surface area is 124 Å². The maximum Gasteiger partial charge on any atom is 0.265 e. The van der Waals surface area contributed by atoms with Crippen molar-refractivity contribution in [3.63, 3.8) is 0 Å². The third-order valence-corrected chi connectivity index (χ3v) is 3.04. The number of nitrogens with one attached hydrogen (secondary N) is 1. The van der Waals surface area contributed by atoms with Crippen molar-refractivity contribution < 1.29 is 14.3 Å². The SMILES string of the molecule is CCC(Oc1ccc(OC)cc1)C(=O)Nc1ccccc1. The van der Waals surface area contributed by atoms with Crippen molar-refractivity contribution in [1.82, 2.24) is 0 Å². The Morgan fingerprint density at radius 3 is 2.24 bits per heavy atom. The number of rotatable bonds is 6. The van der Waals surface area contributed by atoms with E-state index < -0.39 is 6.10 Å². The number of carbonyl (C=O) groups is 1. The molecular formula is C17H19NO3. The summed E-state index contributed by atoms with van der Waals surface area (Å²) >= 11 is 0. The molecule has 2 aromatic rings. The fourth-order valence-corrected chi connectivity index (χ4v) is 1.89. The predicted molar refractivity (Wildman–Crippen MR) is 82.8 cm³/mol. The Hall–Kier alpha value is -2.49. The lowest BCUT2D eigenvalue weighted by Gasteiger charge is -2.17. The van der Waals surface area contributed by atoms with Crippen LogP contribution in [0.15, 0.2) is 54.6 Å². The van der Waals surface area contributed by atoms with Crippen molar-refractivity contribution in [3.05, 3.63) is 54.6 Å². The maximum absolute atomic E-state index is 12.2. The zero-order valence-electron chi connectivity index (χ0n) is 12.2. The van der Waals surface area contributed by atoms with Gasteiger partial charge in [0.15, 0.2) is 6.10 Å². The lowest BCUT2D eigenvalue weighted by atomic mass is 10.2. The minimum Gasteiger partial charge on any atom is -0.497 e. The van der Waals surface area contributed by atoms with Crippen molar-refractivity contribution in [2.24, 2.45) is 0 Å². The number of carbonyl (C=O) groups excluding carboxylic acids is 1. The predicted octanol–water partition coefficient (Wildman–Crippen LogP) is 3.49. The molecule has 0 aromatic heterocycles. The van der Waals surface area contributed by atoms with Crippen molar-refractivity contribution in [2.75, 3.05) is 12.4 Å². The molecule has 4 nitrogen and oxygen atoms in total. The summed E-state index contributed by atoms with van der Waals surface area (Å²) in [5.41, 5.74) is 0.763. The normalized spacial score (nSPS) is 11.5. The first-order chi connectivity index (χ1) is 10.2. The van der Waals surface area contributed by atoms with Gasteiger partial charge in [-0.15, -0.1) is 0 Å². The van der Waals surface area contributed by atoms with E-state index in [0.29, 0.717) is 12.2 Å². The minimum absolute atomic E-state index is 0.153. The van der Waals surface area contributed by atoms with E-state index in [1.54, 1.807) is 31.4 Å². The molecule has 4 heteroatoms. The van der Waals surface area contributed by atoms with Crippen LogP contribution in [0.1, 0.15) is 13.3 Å². The van der Waals surface area contributed by atoms with Gasteiger partial charge < -0.3 is 14.8 Å². The smallest absolute Gasteiger partial charge is 0.265 e. The van der Waals surface area contributed by atoms with Gasteiger partial charge in [-0.25, -0.2) is 0 Å². The van der Waals surface area contributed by atoms with Gasteiger partial charge in [-0.2, -0.15) is 0 Å². The van der Waals surface area contributed by atoms with Crippen LogP contribution in [0.2, 0.25) is 0 Å². The molecule has 21 heavy (non-hydrogen) atoms. The van der Waals surface area contributed by atoms with Crippen LogP contribution < -0.4 is 14.8 Å². The number of amides is 1. The highest BCUT2D eigenvalue weighted by molar-refractivity contribution is 5.94. The fraction of sp³-hybridized carbons (Fsp3) is 0.235. The quantitative estimate of drug-likeness (QED) is 0.883. The lowest BCUT2D eigenvalue weighted by molar-refractivity contribution is -0.122. The van der Waals surface area contributed by atoms with Gasteiger partial charge in [0.05, 0.1) is 7.11 Å². The molecule has 0 aliphatic rings. The Balaban J connectivity index is 1.99. The molecule has 0 aliphatic heterocycles. The molecule has 0 radical (unpaired) electrons. The standard InChI is InChI=1S/C17H19NO3/c1-3-16(17(19)18-13-7-5-4-6-8-13)21-15-11-9-14(20-2)10-12-15/h4-12,16H,3H2,1-2H3,(H,18,19). The van der Waals surface area contributed by atoms with Gasteiger partial charge in [0.25, 0.3) is 5.91 Å². The number of anilines is 1. The lowest BCUT2D eigenvalue weighted by Crippen LogP contribution is -2.32. The van der Waals surface area contributed by atoms with Crippen molar-refractivity contribution in [3.8, 4) is 11.5 Å². The molecule has 110 valence electrons. The van der Waals surface area contributed by atoms with Crippen LogP contribution in [0, 0.1) is 0 Å². The fourth-order valence-electron chi connectivity index (χ4n) is 1.89. The summed E-state index contributed by atoms with van der Waals surface area (Å²) in [6.45, 7) is 1.92. The molecule has 0 aliphatic carbocycles. The Bertz CT molecular complexity index is 566. The summed E-state index contributed by atoms with van der Waals surface area (Å²) < 4.78 is 10.8. The van der Waals surface area contributed by atoms with Crippen LogP contribution in [0.4, 0.5) is 5.69 Å². The number of methoxy groups -OCH3 is 1. The highest BCUT2D eigenvalue weighted by Crippen LogP contribution is 2.19. The zero-order valence-corrected chi connectivity index (χ0v) is 12.2. The molecule has 0 saturated carbocycles. The molecular weight excluding hydrogens is 266 g/mol. The molecule has 2 aromatic carbocycles. The minimum atomic E-state index is -0.529. The van der Waals surface area contributed by atoms with Crippen molar-refractivity contribution >= 4 is 11.6 Å². The van der Waals surface area contributed by atoms with E-state index in [9.17, 15) is 4.79 Å². The van der Waals surface area contributed by atoms with Gasteiger partial charge in [0.2, 0.25) is 0 Å².